The van der Waals surface area contributed by atoms with Gasteiger partial charge in [0.05, 0.1) is 11.6 Å². The number of nitrogens with zero attached hydrogens (tertiary/aromatic N) is 2. The molecule has 0 bridgehead atoms. The highest BCUT2D eigenvalue weighted by atomic mass is 19.1. The second-order valence-electron chi connectivity index (χ2n) is 4.79. The van der Waals surface area contributed by atoms with E-state index in [1.807, 2.05) is 4.68 Å². The van der Waals surface area contributed by atoms with Crippen LogP contribution in [0.3, 0.4) is 0 Å². The van der Waals surface area contributed by atoms with Gasteiger partial charge in [0.1, 0.15) is 11.6 Å². The van der Waals surface area contributed by atoms with Crippen LogP contribution in [-0.2, 0) is 0 Å². The predicted molar refractivity (Wildman–Crippen MR) is 66.7 cm³/mol. The number of aromatic nitrogens is 2. The maximum absolute atomic E-state index is 13.2. The molecule has 1 aromatic carbocycles. The van der Waals surface area contributed by atoms with Gasteiger partial charge in [0.25, 0.3) is 0 Å². The van der Waals surface area contributed by atoms with Crippen LogP contribution in [0.2, 0.25) is 0 Å². The largest absolute Gasteiger partial charge is 0.369 e. The van der Waals surface area contributed by atoms with Crippen LogP contribution in [0.25, 0.3) is 10.9 Å². The van der Waals surface area contributed by atoms with Gasteiger partial charge < -0.3 is 5.32 Å². The second-order valence-corrected chi connectivity index (χ2v) is 4.79. The molecule has 0 saturated heterocycles. The van der Waals surface area contributed by atoms with E-state index < -0.39 is 0 Å². The lowest BCUT2D eigenvalue weighted by atomic mass is 9.98. The molecule has 0 saturated carbocycles. The zero-order chi connectivity index (χ0) is 12.0. The van der Waals surface area contributed by atoms with Gasteiger partial charge >= 0.3 is 0 Å². The molecule has 0 spiro atoms. The normalized spacial score (nSPS) is 23.5. The Hall–Kier alpha value is -1.58. The Bertz CT molecular complexity index is 561. The molecule has 0 aliphatic carbocycles. The summed E-state index contributed by atoms with van der Waals surface area (Å²) in [5, 5.41) is 8.94. The summed E-state index contributed by atoms with van der Waals surface area (Å²) in [6.07, 6.45) is 1.05. The highest BCUT2D eigenvalue weighted by Crippen LogP contribution is 2.35. The van der Waals surface area contributed by atoms with Crippen molar-refractivity contribution in [1.82, 2.24) is 9.78 Å². The van der Waals surface area contributed by atoms with Crippen molar-refractivity contribution in [2.24, 2.45) is 5.92 Å². The molecule has 2 heterocycles. The summed E-state index contributed by atoms with van der Waals surface area (Å²) < 4.78 is 15.2. The Balaban J connectivity index is 2.22. The fraction of sp³-hybridized carbons (Fsp3) is 0.462. The number of hydrogen-bond donors (Lipinski definition) is 1. The summed E-state index contributed by atoms with van der Waals surface area (Å²) in [5.74, 6) is 1.35. The maximum atomic E-state index is 13.2. The first-order valence-corrected chi connectivity index (χ1v) is 6.12. The van der Waals surface area contributed by atoms with Gasteiger partial charge in [-0.05, 0) is 24.5 Å². The average Bonchev–Trinajstić information content (AvgIpc) is 2.66. The zero-order valence-corrected chi connectivity index (χ0v) is 10.1. The number of fused-ring (bicyclic) bond motifs is 3. The number of nitrogens with one attached hydrogen (secondary N) is 1. The minimum Gasteiger partial charge on any atom is -0.369 e. The number of halogens is 1. The van der Waals surface area contributed by atoms with E-state index >= 15 is 0 Å². The SMILES string of the molecule is CCC1C(C)CNc2c3ccc(F)cc3nn21. The molecular formula is C13H16FN3. The Morgan fingerprint density at radius 2 is 2.35 bits per heavy atom. The smallest absolute Gasteiger partial charge is 0.132 e. The molecule has 2 atom stereocenters. The Morgan fingerprint density at radius 1 is 1.53 bits per heavy atom. The fourth-order valence-electron chi connectivity index (χ4n) is 2.70. The number of rotatable bonds is 1. The second kappa shape index (κ2) is 3.72. The minimum atomic E-state index is -0.228. The van der Waals surface area contributed by atoms with E-state index in [-0.39, 0.29) is 5.82 Å². The quantitative estimate of drug-likeness (QED) is 0.819. The predicted octanol–water partition coefficient (Wildman–Crippen LogP) is 3.19. The van der Waals surface area contributed by atoms with E-state index in [1.54, 1.807) is 6.07 Å². The number of anilines is 1. The van der Waals surface area contributed by atoms with Gasteiger partial charge in [-0.25, -0.2) is 9.07 Å². The summed E-state index contributed by atoms with van der Waals surface area (Å²) in [4.78, 5) is 0. The summed E-state index contributed by atoms with van der Waals surface area (Å²) in [6, 6.07) is 5.20. The standard InChI is InChI=1S/C13H16FN3/c1-3-12-8(2)7-15-13-10-5-4-9(14)6-11(10)16-17(12)13/h4-6,8,12,15H,3,7H2,1-2H3. The van der Waals surface area contributed by atoms with Gasteiger partial charge in [-0.2, -0.15) is 5.10 Å². The maximum Gasteiger partial charge on any atom is 0.132 e. The molecule has 1 aliphatic rings. The van der Waals surface area contributed by atoms with Crippen molar-refractivity contribution in [3.63, 3.8) is 0 Å². The van der Waals surface area contributed by atoms with Gasteiger partial charge in [-0.3, -0.25) is 0 Å². The molecule has 1 aliphatic heterocycles. The van der Waals surface area contributed by atoms with Gasteiger partial charge in [0.2, 0.25) is 0 Å². The molecule has 2 aromatic rings. The van der Waals surface area contributed by atoms with Crippen LogP contribution < -0.4 is 5.32 Å². The average molecular weight is 233 g/mol. The Morgan fingerprint density at radius 3 is 3.12 bits per heavy atom. The first-order chi connectivity index (χ1) is 8.20. The van der Waals surface area contributed by atoms with E-state index in [1.165, 1.54) is 12.1 Å². The van der Waals surface area contributed by atoms with Crippen LogP contribution in [-0.4, -0.2) is 16.3 Å². The van der Waals surface area contributed by atoms with E-state index in [4.69, 9.17) is 0 Å². The molecule has 0 fully saturated rings. The van der Waals surface area contributed by atoms with E-state index in [2.05, 4.69) is 24.3 Å². The first kappa shape index (κ1) is 10.6. The van der Waals surface area contributed by atoms with Crippen molar-refractivity contribution in [3.05, 3.63) is 24.0 Å². The number of hydrogen-bond acceptors (Lipinski definition) is 2. The molecule has 4 heteroatoms. The highest BCUT2D eigenvalue weighted by molar-refractivity contribution is 5.90. The van der Waals surface area contributed by atoms with Crippen molar-refractivity contribution >= 4 is 16.7 Å². The van der Waals surface area contributed by atoms with Gasteiger partial charge in [0.15, 0.2) is 0 Å². The van der Waals surface area contributed by atoms with Gasteiger partial charge in [0, 0.05) is 18.0 Å². The fourth-order valence-corrected chi connectivity index (χ4v) is 2.70. The third-order valence-electron chi connectivity index (χ3n) is 3.64. The summed E-state index contributed by atoms with van der Waals surface area (Å²) in [7, 11) is 0. The van der Waals surface area contributed by atoms with Crippen LogP contribution in [0, 0.1) is 11.7 Å². The van der Waals surface area contributed by atoms with Crippen LogP contribution in [0.1, 0.15) is 26.3 Å². The Kier molecular flexibility index (Phi) is 2.31. The lowest BCUT2D eigenvalue weighted by Crippen LogP contribution is -2.30. The molecule has 90 valence electrons. The van der Waals surface area contributed by atoms with Crippen LogP contribution in [0.4, 0.5) is 10.2 Å². The van der Waals surface area contributed by atoms with E-state index in [0.29, 0.717) is 12.0 Å². The third-order valence-corrected chi connectivity index (χ3v) is 3.64. The molecule has 3 nitrogen and oxygen atoms in total. The van der Waals surface area contributed by atoms with Crippen molar-refractivity contribution < 1.29 is 4.39 Å². The first-order valence-electron chi connectivity index (χ1n) is 6.12. The van der Waals surface area contributed by atoms with Crippen LogP contribution in [0.5, 0.6) is 0 Å². The zero-order valence-electron chi connectivity index (χ0n) is 10.1. The highest BCUT2D eigenvalue weighted by Gasteiger charge is 2.27. The lowest BCUT2D eigenvalue weighted by molar-refractivity contribution is 0.315. The number of benzene rings is 1. The molecule has 17 heavy (non-hydrogen) atoms. The van der Waals surface area contributed by atoms with Crippen molar-refractivity contribution in [3.8, 4) is 0 Å². The molecule has 0 radical (unpaired) electrons. The topological polar surface area (TPSA) is 29.9 Å². The van der Waals surface area contributed by atoms with Crippen molar-refractivity contribution in [2.75, 3.05) is 11.9 Å². The van der Waals surface area contributed by atoms with Gasteiger partial charge in [-0.15, -0.1) is 0 Å². The van der Waals surface area contributed by atoms with E-state index in [0.717, 1.165) is 29.7 Å². The van der Waals surface area contributed by atoms with Crippen LogP contribution >= 0.6 is 0 Å². The molecule has 1 N–H and O–H groups in total. The summed E-state index contributed by atoms with van der Waals surface area (Å²) >= 11 is 0. The third kappa shape index (κ3) is 1.51. The molecule has 1 aromatic heterocycles. The monoisotopic (exact) mass is 233 g/mol. The molecule has 0 amide bonds. The van der Waals surface area contributed by atoms with Crippen molar-refractivity contribution in [1.29, 1.82) is 0 Å². The van der Waals surface area contributed by atoms with Crippen LogP contribution in [0.15, 0.2) is 18.2 Å². The summed E-state index contributed by atoms with van der Waals surface area (Å²) in [5.41, 5.74) is 0.736. The molecule has 2 unspecified atom stereocenters. The Labute approximate surface area is 99.6 Å². The summed E-state index contributed by atoms with van der Waals surface area (Å²) in [6.45, 7) is 5.34. The molecule has 3 rings (SSSR count). The minimum absolute atomic E-state index is 0.228. The van der Waals surface area contributed by atoms with Gasteiger partial charge in [-0.1, -0.05) is 13.8 Å². The van der Waals surface area contributed by atoms with E-state index in [9.17, 15) is 4.39 Å². The lowest BCUT2D eigenvalue weighted by Gasteiger charge is -2.30. The van der Waals surface area contributed by atoms with Crippen molar-refractivity contribution in [2.45, 2.75) is 26.3 Å². The molecular weight excluding hydrogens is 217 g/mol.